The standard InChI is InChI=1S/C13H20N4O/c1-10-9-14-11(2)13(15-10)16(3)7-8-17-6-4-5-12(17)18/h9H,4-8H2,1-3H3. The minimum Gasteiger partial charge on any atom is -0.356 e. The van der Waals surface area contributed by atoms with Crippen molar-refractivity contribution in [1.82, 2.24) is 14.9 Å². The molecule has 1 amide bonds. The van der Waals surface area contributed by atoms with Crippen LogP contribution in [0, 0.1) is 13.8 Å². The van der Waals surface area contributed by atoms with E-state index in [1.807, 2.05) is 25.8 Å². The summed E-state index contributed by atoms with van der Waals surface area (Å²) in [5.41, 5.74) is 1.84. The molecule has 1 aromatic rings. The Balaban J connectivity index is 1.96. The first-order chi connectivity index (χ1) is 8.58. The Morgan fingerprint density at radius 2 is 2.22 bits per heavy atom. The highest BCUT2D eigenvalue weighted by Crippen LogP contribution is 2.14. The number of aryl methyl sites for hydroxylation is 2. The number of rotatable bonds is 4. The summed E-state index contributed by atoms with van der Waals surface area (Å²) >= 11 is 0. The number of hydrogen-bond donors (Lipinski definition) is 0. The third-order valence-electron chi connectivity index (χ3n) is 3.29. The fraction of sp³-hybridized carbons (Fsp3) is 0.615. The Labute approximate surface area is 108 Å². The predicted octanol–water partition coefficient (Wildman–Crippen LogP) is 1.15. The van der Waals surface area contributed by atoms with Gasteiger partial charge in [-0.15, -0.1) is 0 Å². The summed E-state index contributed by atoms with van der Waals surface area (Å²) in [7, 11) is 2.00. The van der Waals surface area contributed by atoms with Gasteiger partial charge in [-0.3, -0.25) is 9.78 Å². The second kappa shape index (κ2) is 5.33. The number of carbonyl (C=O) groups excluding carboxylic acids is 1. The highest BCUT2D eigenvalue weighted by atomic mass is 16.2. The second-order valence-electron chi connectivity index (χ2n) is 4.83. The third kappa shape index (κ3) is 2.78. The smallest absolute Gasteiger partial charge is 0.222 e. The molecule has 1 fully saturated rings. The topological polar surface area (TPSA) is 49.3 Å². The van der Waals surface area contributed by atoms with Crippen LogP contribution < -0.4 is 4.90 Å². The van der Waals surface area contributed by atoms with Crippen molar-refractivity contribution in [3.63, 3.8) is 0 Å². The van der Waals surface area contributed by atoms with E-state index >= 15 is 0 Å². The molecule has 0 unspecified atom stereocenters. The van der Waals surface area contributed by atoms with E-state index in [2.05, 4.69) is 14.9 Å². The molecule has 2 heterocycles. The first-order valence-electron chi connectivity index (χ1n) is 6.37. The molecule has 0 saturated carbocycles. The third-order valence-corrected chi connectivity index (χ3v) is 3.29. The molecule has 0 aromatic carbocycles. The average molecular weight is 248 g/mol. The molecule has 1 aromatic heterocycles. The Hall–Kier alpha value is -1.65. The molecule has 2 rings (SSSR count). The van der Waals surface area contributed by atoms with Gasteiger partial charge in [0.1, 0.15) is 5.82 Å². The van der Waals surface area contributed by atoms with Gasteiger partial charge in [0, 0.05) is 39.3 Å². The summed E-state index contributed by atoms with van der Waals surface area (Å²) in [5, 5.41) is 0. The molecule has 18 heavy (non-hydrogen) atoms. The van der Waals surface area contributed by atoms with Gasteiger partial charge in [0.25, 0.3) is 0 Å². The van der Waals surface area contributed by atoms with E-state index in [1.165, 1.54) is 0 Å². The zero-order chi connectivity index (χ0) is 13.1. The molecule has 0 radical (unpaired) electrons. The van der Waals surface area contributed by atoms with E-state index in [1.54, 1.807) is 6.20 Å². The number of aromatic nitrogens is 2. The highest BCUT2D eigenvalue weighted by Gasteiger charge is 2.20. The van der Waals surface area contributed by atoms with Crippen LogP contribution in [0.3, 0.4) is 0 Å². The maximum atomic E-state index is 11.5. The summed E-state index contributed by atoms with van der Waals surface area (Å²) in [6.07, 6.45) is 3.47. The molecule has 1 saturated heterocycles. The molecule has 0 spiro atoms. The summed E-state index contributed by atoms with van der Waals surface area (Å²) in [5.74, 6) is 1.18. The second-order valence-corrected chi connectivity index (χ2v) is 4.83. The zero-order valence-corrected chi connectivity index (χ0v) is 11.3. The van der Waals surface area contributed by atoms with E-state index in [-0.39, 0.29) is 5.91 Å². The van der Waals surface area contributed by atoms with Crippen LogP contribution in [0.2, 0.25) is 0 Å². The molecule has 1 aliphatic rings. The van der Waals surface area contributed by atoms with Gasteiger partial charge in [0.05, 0.1) is 11.4 Å². The van der Waals surface area contributed by atoms with Gasteiger partial charge < -0.3 is 9.80 Å². The lowest BCUT2D eigenvalue weighted by Gasteiger charge is -2.23. The molecular weight excluding hydrogens is 228 g/mol. The van der Waals surface area contributed by atoms with Crippen molar-refractivity contribution in [1.29, 1.82) is 0 Å². The summed E-state index contributed by atoms with van der Waals surface area (Å²) in [6.45, 7) is 6.35. The number of hydrogen-bond acceptors (Lipinski definition) is 4. The SMILES string of the molecule is Cc1cnc(C)c(N(C)CCN2CCCC2=O)n1. The Morgan fingerprint density at radius 1 is 1.44 bits per heavy atom. The Morgan fingerprint density at radius 3 is 2.89 bits per heavy atom. The lowest BCUT2D eigenvalue weighted by atomic mass is 10.3. The fourth-order valence-corrected chi connectivity index (χ4v) is 2.20. The lowest BCUT2D eigenvalue weighted by Crippen LogP contribution is -2.34. The summed E-state index contributed by atoms with van der Waals surface area (Å²) < 4.78 is 0. The average Bonchev–Trinajstić information content (AvgIpc) is 2.75. The Kier molecular flexibility index (Phi) is 3.79. The van der Waals surface area contributed by atoms with E-state index in [0.29, 0.717) is 6.42 Å². The normalized spacial score (nSPS) is 15.3. The number of anilines is 1. The van der Waals surface area contributed by atoms with Crippen molar-refractivity contribution in [2.24, 2.45) is 0 Å². The lowest BCUT2D eigenvalue weighted by molar-refractivity contribution is -0.127. The van der Waals surface area contributed by atoms with Crippen LogP contribution >= 0.6 is 0 Å². The van der Waals surface area contributed by atoms with Crippen LogP contribution in [-0.2, 0) is 4.79 Å². The first-order valence-corrected chi connectivity index (χ1v) is 6.37. The number of amides is 1. The van der Waals surface area contributed by atoms with Gasteiger partial charge in [0.15, 0.2) is 0 Å². The molecule has 0 bridgehead atoms. The largest absolute Gasteiger partial charge is 0.356 e. The molecule has 1 aliphatic heterocycles. The maximum Gasteiger partial charge on any atom is 0.222 e. The number of likely N-dealkylation sites (N-methyl/N-ethyl adjacent to an activating group) is 1. The van der Waals surface area contributed by atoms with Gasteiger partial charge in [-0.25, -0.2) is 4.98 Å². The van der Waals surface area contributed by atoms with E-state index in [4.69, 9.17) is 0 Å². The van der Waals surface area contributed by atoms with Crippen molar-refractivity contribution in [3.05, 3.63) is 17.6 Å². The Bertz CT molecular complexity index is 447. The van der Waals surface area contributed by atoms with Gasteiger partial charge >= 0.3 is 0 Å². The first kappa shape index (κ1) is 12.8. The number of nitrogens with zero attached hydrogens (tertiary/aromatic N) is 4. The number of carbonyl (C=O) groups is 1. The minimum absolute atomic E-state index is 0.274. The fourth-order valence-electron chi connectivity index (χ4n) is 2.20. The molecule has 5 nitrogen and oxygen atoms in total. The molecule has 98 valence electrons. The van der Waals surface area contributed by atoms with Crippen molar-refractivity contribution in [3.8, 4) is 0 Å². The molecular formula is C13H20N4O. The van der Waals surface area contributed by atoms with Gasteiger partial charge in [-0.2, -0.15) is 0 Å². The number of likely N-dealkylation sites (tertiary alicyclic amines) is 1. The summed E-state index contributed by atoms with van der Waals surface area (Å²) in [4.78, 5) is 24.3. The quantitative estimate of drug-likeness (QED) is 0.802. The predicted molar refractivity (Wildman–Crippen MR) is 70.6 cm³/mol. The molecule has 0 aliphatic carbocycles. The van der Waals surface area contributed by atoms with Crippen molar-refractivity contribution < 1.29 is 4.79 Å². The van der Waals surface area contributed by atoms with E-state index in [9.17, 15) is 4.79 Å². The van der Waals surface area contributed by atoms with Crippen LogP contribution in [0.4, 0.5) is 5.82 Å². The van der Waals surface area contributed by atoms with Crippen LogP contribution in [-0.4, -0.2) is 47.5 Å². The molecule has 0 atom stereocenters. The van der Waals surface area contributed by atoms with Crippen LogP contribution in [0.1, 0.15) is 24.2 Å². The summed E-state index contributed by atoms with van der Waals surface area (Å²) in [6, 6.07) is 0. The highest BCUT2D eigenvalue weighted by molar-refractivity contribution is 5.78. The maximum absolute atomic E-state index is 11.5. The van der Waals surface area contributed by atoms with Crippen LogP contribution in [0.25, 0.3) is 0 Å². The van der Waals surface area contributed by atoms with Gasteiger partial charge in [0.2, 0.25) is 5.91 Å². The van der Waals surface area contributed by atoms with Gasteiger partial charge in [-0.1, -0.05) is 0 Å². The molecule has 0 N–H and O–H groups in total. The monoisotopic (exact) mass is 248 g/mol. The zero-order valence-electron chi connectivity index (χ0n) is 11.3. The van der Waals surface area contributed by atoms with Crippen molar-refractivity contribution >= 4 is 11.7 Å². The van der Waals surface area contributed by atoms with Crippen molar-refractivity contribution in [2.75, 3.05) is 31.6 Å². The molecule has 5 heteroatoms. The van der Waals surface area contributed by atoms with Crippen molar-refractivity contribution in [2.45, 2.75) is 26.7 Å². The van der Waals surface area contributed by atoms with Gasteiger partial charge in [-0.05, 0) is 20.3 Å². The van der Waals surface area contributed by atoms with E-state index in [0.717, 1.165) is 43.3 Å². The minimum atomic E-state index is 0.274. The van der Waals surface area contributed by atoms with Crippen LogP contribution in [0.15, 0.2) is 6.20 Å². The van der Waals surface area contributed by atoms with Crippen LogP contribution in [0.5, 0.6) is 0 Å². The van der Waals surface area contributed by atoms with E-state index < -0.39 is 0 Å².